The number of anilines is 1. The minimum Gasteiger partial charge on any atom is -0.372 e. The number of halogens is 1. The number of amides is 2. The highest BCUT2D eigenvalue weighted by molar-refractivity contribution is 5.74. The van der Waals surface area contributed by atoms with Crippen LogP contribution in [-0.2, 0) is 4.74 Å². The summed E-state index contributed by atoms with van der Waals surface area (Å²) < 4.78 is 18.7. The van der Waals surface area contributed by atoms with Gasteiger partial charge >= 0.3 is 6.03 Å². The summed E-state index contributed by atoms with van der Waals surface area (Å²) in [4.78, 5) is 16.4. The van der Waals surface area contributed by atoms with Gasteiger partial charge in [0.2, 0.25) is 0 Å². The highest BCUT2D eigenvalue weighted by Crippen LogP contribution is 2.23. The Morgan fingerprint density at radius 2 is 1.88 bits per heavy atom. The molecule has 0 spiro atoms. The quantitative estimate of drug-likeness (QED) is 0.923. The molecular formula is C18H26FN3O2. The average Bonchev–Trinajstić information content (AvgIpc) is 3.01. The second-order valence-electron chi connectivity index (χ2n) is 6.93. The maximum atomic E-state index is 13.0. The lowest BCUT2D eigenvalue weighted by Crippen LogP contribution is -2.52. The number of benzene rings is 1. The molecule has 2 aliphatic rings. The van der Waals surface area contributed by atoms with Crippen LogP contribution in [0.5, 0.6) is 0 Å². The van der Waals surface area contributed by atoms with Gasteiger partial charge in [-0.1, -0.05) is 0 Å². The zero-order valence-electron chi connectivity index (χ0n) is 14.4. The molecule has 3 atom stereocenters. The van der Waals surface area contributed by atoms with Crippen LogP contribution in [0.2, 0.25) is 0 Å². The minimum absolute atomic E-state index is 0.00256. The number of urea groups is 1. The lowest BCUT2D eigenvalue weighted by molar-refractivity contribution is -0.0545. The molecule has 0 unspecified atom stereocenters. The first-order valence-corrected chi connectivity index (χ1v) is 8.70. The smallest absolute Gasteiger partial charge is 0.317 e. The second-order valence-corrected chi connectivity index (χ2v) is 6.93. The van der Waals surface area contributed by atoms with Crippen molar-refractivity contribution in [2.75, 3.05) is 37.6 Å². The molecule has 3 rings (SSSR count). The summed E-state index contributed by atoms with van der Waals surface area (Å²) in [5.74, 6) is 0.214. The Morgan fingerprint density at radius 3 is 2.54 bits per heavy atom. The van der Waals surface area contributed by atoms with E-state index in [-0.39, 0.29) is 24.1 Å². The zero-order chi connectivity index (χ0) is 17.1. The first-order valence-electron chi connectivity index (χ1n) is 8.70. The maximum absolute atomic E-state index is 13.0. The van der Waals surface area contributed by atoms with Gasteiger partial charge in [0, 0.05) is 38.4 Å². The number of ether oxygens (including phenoxy) is 1. The third kappa shape index (κ3) is 4.17. The lowest BCUT2D eigenvalue weighted by Gasteiger charge is -2.35. The molecule has 6 heteroatoms. The predicted octanol–water partition coefficient (Wildman–Crippen LogP) is 2.47. The molecule has 1 N–H and O–H groups in total. The van der Waals surface area contributed by atoms with E-state index in [9.17, 15) is 9.18 Å². The van der Waals surface area contributed by atoms with Crippen molar-refractivity contribution in [3.05, 3.63) is 30.1 Å². The van der Waals surface area contributed by atoms with Gasteiger partial charge in [0.05, 0.1) is 12.2 Å². The third-order valence-corrected chi connectivity index (χ3v) is 4.73. The normalized spacial score (nSPS) is 27.4. The fourth-order valence-electron chi connectivity index (χ4n) is 3.57. The van der Waals surface area contributed by atoms with Crippen molar-refractivity contribution in [3.8, 4) is 0 Å². The van der Waals surface area contributed by atoms with Crippen LogP contribution in [0.25, 0.3) is 0 Å². The summed E-state index contributed by atoms with van der Waals surface area (Å²) in [6.07, 6.45) is 1.20. The van der Waals surface area contributed by atoms with Crippen molar-refractivity contribution in [2.45, 2.75) is 32.5 Å². The van der Waals surface area contributed by atoms with E-state index in [1.165, 1.54) is 12.1 Å². The number of carbonyl (C=O) groups excluding carboxylic acids is 1. The fourth-order valence-corrected chi connectivity index (χ4v) is 3.57. The molecule has 2 heterocycles. The minimum atomic E-state index is -0.212. The number of hydrogen-bond acceptors (Lipinski definition) is 3. The van der Waals surface area contributed by atoms with Crippen molar-refractivity contribution < 1.29 is 13.9 Å². The van der Waals surface area contributed by atoms with Crippen molar-refractivity contribution in [2.24, 2.45) is 5.92 Å². The highest BCUT2D eigenvalue weighted by atomic mass is 19.1. The lowest BCUT2D eigenvalue weighted by atomic mass is 10.1. The Hall–Kier alpha value is -1.82. The molecule has 2 saturated heterocycles. The molecule has 2 fully saturated rings. The van der Waals surface area contributed by atoms with Gasteiger partial charge in [-0.15, -0.1) is 0 Å². The number of rotatable bonds is 3. The summed E-state index contributed by atoms with van der Waals surface area (Å²) in [7, 11) is 0. The molecule has 5 nitrogen and oxygen atoms in total. The summed E-state index contributed by atoms with van der Waals surface area (Å²) in [5.41, 5.74) is 1.04. The van der Waals surface area contributed by atoms with Crippen LogP contribution in [0.15, 0.2) is 24.3 Å². The molecular weight excluding hydrogens is 309 g/mol. The summed E-state index contributed by atoms with van der Waals surface area (Å²) in [6.45, 7) is 7.78. The number of nitrogens with one attached hydrogen (secondary N) is 1. The van der Waals surface area contributed by atoms with Crippen LogP contribution in [0.3, 0.4) is 0 Å². The van der Waals surface area contributed by atoms with Crippen molar-refractivity contribution in [1.82, 2.24) is 10.2 Å². The molecule has 1 aromatic carbocycles. The molecule has 0 aromatic heterocycles. The first-order chi connectivity index (χ1) is 11.5. The van der Waals surface area contributed by atoms with E-state index < -0.39 is 0 Å². The van der Waals surface area contributed by atoms with Crippen LogP contribution in [0, 0.1) is 11.7 Å². The molecule has 0 aliphatic carbocycles. The Labute approximate surface area is 142 Å². The van der Waals surface area contributed by atoms with E-state index in [1.807, 2.05) is 30.9 Å². The van der Waals surface area contributed by atoms with Crippen LogP contribution < -0.4 is 10.2 Å². The molecule has 0 radical (unpaired) electrons. The number of carbonyl (C=O) groups is 1. The van der Waals surface area contributed by atoms with E-state index in [0.717, 1.165) is 25.2 Å². The average molecular weight is 335 g/mol. The van der Waals surface area contributed by atoms with Gasteiger partial charge in [-0.2, -0.15) is 0 Å². The van der Waals surface area contributed by atoms with E-state index in [1.54, 1.807) is 0 Å². The predicted molar refractivity (Wildman–Crippen MR) is 91.7 cm³/mol. The Morgan fingerprint density at radius 1 is 1.21 bits per heavy atom. The van der Waals surface area contributed by atoms with Crippen LogP contribution in [0.4, 0.5) is 14.9 Å². The summed E-state index contributed by atoms with van der Waals surface area (Å²) in [6, 6.07) is 6.60. The Kier molecular flexibility index (Phi) is 5.23. The summed E-state index contributed by atoms with van der Waals surface area (Å²) in [5, 5.41) is 3.06. The van der Waals surface area contributed by atoms with Gasteiger partial charge in [-0.3, -0.25) is 0 Å². The zero-order valence-corrected chi connectivity index (χ0v) is 14.4. The van der Waals surface area contributed by atoms with E-state index in [2.05, 4.69) is 10.2 Å². The SMILES string of the molecule is C[C@@H]1CN(C(=O)NC[C@@H]2CCN(c3ccc(F)cc3)C2)C[C@@H](C)O1. The van der Waals surface area contributed by atoms with Gasteiger partial charge in [0.25, 0.3) is 0 Å². The largest absolute Gasteiger partial charge is 0.372 e. The second kappa shape index (κ2) is 7.38. The number of morpholine rings is 1. The highest BCUT2D eigenvalue weighted by Gasteiger charge is 2.27. The van der Waals surface area contributed by atoms with Crippen LogP contribution in [0.1, 0.15) is 20.3 Å². The molecule has 132 valence electrons. The molecule has 2 aliphatic heterocycles. The van der Waals surface area contributed by atoms with Crippen molar-refractivity contribution in [3.63, 3.8) is 0 Å². The molecule has 0 saturated carbocycles. The van der Waals surface area contributed by atoms with Gasteiger partial charge in [0.1, 0.15) is 5.82 Å². The standard InChI is InChI=1S/C18H26FN3O2/c1-13-10-22(11-14(2)24-13)18(23)20-9-15-7-8-21(12-15)17-5-3-16(19)4-6-17/h3-6,13-15H,7-12H2,1-2H3,(H,20,23)/t13-,14-,15+/m1/s1. The Balaban J connectivity index is 1.46. The Bertz CT molecular complexity index is 556. The van der Waals surface area contributed by atoms with Gasteiger partial charge in [-0.05, 0) is 50.5 Å². The van der Waals surface area contributed by atoms with Gasteiger partial charge < -0.3 is 19.9 Å². The van der Waals surface area contributed by atoms with E-state index >= 15 is 0 Å². The summed E-state index contributed by atoms with van der Waals surface area (Å²) >= 11 is 0. The van der Waals surface area contributed by atoms with Crippen molar-refractivity contribution >= 4 is 11.7 Å². The molecule has 2 amide bonds. The molecule has 24 heavy (non-hydrogen) atoms. The maximum Gasteiger partial charge on any atom is 0.317 e. The topological polar surface area (TPSA) is 44.8 Å². The number of hydrogen-bond donors (Lipinski definition) is 1. The monoisotopic (exact) mass is 335 g/mol. The first kappa shape index (κ1) is 17.0. The number of nitrogens with zero attached hydrogens (tertiary/aromatic N) is 2. The van der Waals surface area contributed by atoms with E-state index in [0.29, 0.717) is 25.6 Å². The fraction of sp³-hybridized carbons (Fsp3) is 0.611. The van der Waals surface area contributed by atoms with Crippen LogP contribution >= 0.6 is 0 Å². The molecule has 0 bridgehead atoms. The van der Waals surface area contributed by atoms with Gasteiger partial charge in [-0.25, -0.2) is 9.18 Å². The van der Waals surface area contributed by atoms with E-state index in [4.69, 9.17) is 4.74 Å². The van der Waals surface area contributed by atoms with Gasteiger partial charge in [0.15, 0.2) is 0 Å². The van der Waals surface area contributed by atoms with Crippen molar-refractivity contribution in [1.29, 1.82) is 0 Å². The van der Waals surface area contributed by atoms with Crippen LogP contribution in [-0.4, -0.2) is 55.9 Å². The molecule has 1 aromatic rings. The third-order valence-electron chi connectivity index (χ3n) is 4.73.